The molecule has 114 valence electrons. The van der Waals surface area contributed by atoms with Gasteiger partial charge in [0.2, 0.25) is 5.95 Å². The predicted octanol–water partition coefficient (Wildman–Crippen LogP) is 3.10. The fourth-order valence-corrected chi connectivity index (χ4v) is 2.00. The smallest absolute Gasteiger partial charge is 0.249 e. The molecule has 3 aromatic rings. The van der Waals surface area contributed by atoms with E-state index in [1.807, 2.05) is 6.07 Å². The van der Waals surface area contributed by atoms with Gasteiger partial charge in [0.25, 0.3) is 0 Å². The third-order valence-electron chi connectivity index (χ3n) is 3.14. The molecular weight excluding hydrogens is 302 g/mol. The highest BCUT2D eigenvalue weighted by Crippen LogP contribution is 2.19. The molecule has 0 fully saturated rings. The first-order chi connectivity index (χ1) is 11.8. The Hall–Kier alpha value is -3.97. The second-order valence-electron chi connectivity index (χ2n) is 4.76. The first-order valence-corrected chi connectivity index (χ1v) is 7.01. The second kappa shape index (κ2) is 6.86. The first-order valence-electron chi connectivity index (χ1n) is 7.01. The zero-order valence-electron chi connectivity index (χ0n) is 12.4. The van der Waals surface area contributed by atoms with Gasteiger partial charge in [-0.15, -0.1) is 5.10 Å². The average Bonchev–Trinajstić information content (AvgIpc) is 2.63. The predicted molar refractivity (Wildman–Crippen MR) is 88.7 cm³/mol. The van der Waals surface area contributed by atoms with Gasteiger partial charge in [0.15, 0.2) is 5.82 Å². The fourth-order valence-electron chi connectivity index (χ4n) is 2.00. The van der Waals surface area contributed by atoms with Crippen LogP contribution in [0.5, 0.6) is 0 Å². The van der Waals surface area contributed by atoms with Crippen LogP contribution in [0.1, 0.15) is 11.1 Å². The Bertz CT molecular complexity index is 936. The average molecular weight is 313 g/mol. The van der Waals surface area contributed by atoms with Crippen LogP contribution in [0.2, 0.25) is 0 Å². The van der Waals surface area contributed by atoms with E-state index < -0.39 is 0 Å². The standard InChI is InChI=1S/C17H11N7/c18-9-12-5-7-14(8-6-12)21-17-23-16(11-20-24-17)22-15-4-2-1-3-13(15)10-19/h1-8,11H,(H2,21,22,23,24). The Balaban J connectivity index is 1.79. The van der Waals surface area contributed by atoms with Crippen molar-refractivity contribution in [2.75, 3.05) is 10.6 Å². The Morgan fingerprint density at radius 3 is 2.42 bits per heavy atom. The van der Waals surface area contributed by atoms with Crippen LogP contribution in [0.15, 0.2) is 54.7 Å². The van der Waals surface area contributed by atoms with Gasteiger partial charge in [0.1, 0.15) is 6.07 Å². The lowest BCUT2D eigenvalue weighted by molar-refractivity contribution is 0.982. The molecule has 0 aliphatic heterocycles. The van der Waals surface area contributed by atoms with E-state index in [9.17, 15) is 0 Å². The number of aromatic nitrogens is 3. The molecule has 0 saturated heterocycles. The monoisotopic (exact) mass is 313 g/mol. The minimum absolute atomic E-state index is 0.305. The van der Waals surface area contributed by atoms with Gasteiger partial charge in [-0.25, -0.2) is 0 Å². The van der Waals surface area contributed by atoms with E-state index in [2.05, 4.69) is 38.0 Å². The molecule has 0 saturated carbocycles. The molecule has 0 aliphatic carbocycles. The van der Waals surface area contributed by atoms with Gasteiger partial charge in [0.05, 0.1) is 29.1 Å². The second-order valence-corrected chi connectivity index (χ2v) is 4.76. The number of nitriles is 2. The number of rotatable bonds is 4. The van der Waals surface area contributed by atoms with Crippen molar-refractivity contribution in [3.05, 3.63) is 65.9 Å². The summed E-state index contributed by atoms with van der Waals surface area (Å²) in [4.78, 5) is 4.31. The van der Waals surface area contributed by atoms with Crippen LogP contribution in [0, 0.1) is 22.7 Å². The van der Waals surface area contributed by atoms with Crippen LogP contribution < -0.4 is 10.6 Å². The molecule has 0 atom stereocenters. The summed E-state index contributed by atoms with van der Waals surface area (Å²) in [6.07, 6.45) is 1.47. The molecule has 1 aromatic heterocycles. The molecule has 2 N–H and O–H groups in total. The number of anilines is 4. The third kappa shape index (κ3) is 3.43. The molecule has 2 aromatic carbocycles. The highest BCUT2D eigenvalue weighted by atomic mass is 15.3. The summed E-state index contributed by atoms with van der Waals surface area (Å²) in [6, 6.07) is 18.2. The van der Waals surface area contributed by atoms with Crippen molar-refractivity contribution in [2.24, 2.45) is 0 Å². The molecule has 0 amide bonds. The van der Waals surface area contributed by atoms with E-state index in [1.165, 1.54) is 6.20 Å². The van der Waals surface area contributed by atoms with E-state index in [0.717, 1.165) is 5.69 Å². The molecule has 7 nitrogen and oxygen atoms in total. The van der Waals surface area contributed by atoms with Gasteiger partial charge >= 0.3 is 0 Å². The Morgan fingerprint density at radius 2 is 1.67 bits per heavy atom. The van der Waals surface area contributed by atoms with Crippen molar-refractivity contribution in [3.63, 3.8) is 0 Å². The minimum Gasteiger partial charge on any atom is -0.338 e. The van der Waals surface area contributed by atoms with Gasteiger partial charge < -0.3 is 10.6 Å². The highest BCUT2D eigenvalue weighted by molar-refractivity contribution is 5.65. The van der Waals surface area contributed by atoms with Gasteiger partial charge in [-0.3, -0.25) is 0 Å². The van der Waals surface area contributed by atoms with Crippen molar-refractivity contribution in [1.82, 2.24) is 15.2 Å². The zero-order valence-corrected chi connectivity index (χ0v) is 12.4. The maximum Gasteiger partial charge on any atom is 0.249 e. The van der Waals surface area contributed by atoms with Crippen LogP contribution in [0.4, 0.5) is 23.1 Å². The van der Waals surface area contributed by atoms with E-state index in [0.29, 0.717) is 28.6 Å². The van der Waals surface area contributed by atoms with Crippen molar-refractivity contribution in [3.8, 4) is 12.1 Å². The number of hydrogen-bond acceptors (Lipinski definition) is 7. The summed E-state index contributed by atoms with van der Waals surface area (Å²) in [5, 5.41) is 31.8. The van der Waals surface area contributed by atoms with E-state index in [4.69, 9.17) is 10.5 Å². The van der Waals surface area contributed by atoms with Crippen LogP contribution in [0.25, 0.3) is 0 Å². The molecule has 0 spiro atoms. The summed E-state index contributed by atoms with van der Waals surface area (Å²) in [7, 11) is 0. The summed E-state index contributed by atoms with van der Waals surface area (Å²) < 4.78 is 0. The topological polar surface area (TPSA) is 110 Å². The van der Waals surface area contributed by atoms with Crippen LogP contribution in [-0.2, 0) is 0 Å². The van der Waals surface area contributed by atoms with E-state index in [1.54, 1.807) is 42.5 Å². The first kappa shape index (κ1) is 14.9. The minimum atomic E-state index is 0.305. The number of nitrogens with one attached hydrogen (secondary N) is 2. The lowest BCUT2D eigenvalue weighted by atomic mass is 10.2. The fraction of sp³-hybridized carbons (Fsp3) is 0. The van der Waals surface area contributed by atoms with Crippen LogP contribution in [0.3, 0.4) is 0 Å². The van der Waals surface area contributed by atoms with Gasteiger partial charge in [-0.2, -0.15) is 20.6 Å². The molecule has 1 heterocycles. The van der Waals surface area contributed by atoms with Crippen molar-refractivity contribution in [1.29, 1.82) is 10.5 Å². The summed E-state index contributed by atoms with van der Waals surface area (Å²) in [5.41, 5.74) is 2.47. The maximum atomic E-state index is 9.11. The number of hydrogen-bond donors (Lipinski definition) is 2. The van der Waals surface area contributed by atoms with Gasteiger partial charge in [0, 0.05) is 5.69 Å². The highest BCUT2D eigenvalue weighted by Gasteiger charge is 2.05. The number of benzene rings is 2. The number of para-hydroxylation sites is 1. The molecule has 24 heavy (non-hydrogen) atoms. The molecule has 0 radical (unpaired) electrons. The van der Waals surface area contributed by atoms with Gasteiger partial charge in [-0.05, 0) is 36.4 Å². The zero-order chi connectivity index (χ0) is 16.8. The van der Waals surface area contributed by atoms with Crippen molar-refractivity contribution in [2.45, 2.75) is 0 Å². The summed E-state index contributed by atoms with van der Waals surface area (Å²) >= 11 is 0. The van der Waals surface area contributed by atoms with Crippen molar-refractivity contribution >= 4 is 23.1 Å². The van der Waals surface area contributed by atoms with Crippen molar-refractivity contribution < 1.29 is 0 Å². The van der Waals surface area contributed by atoms with Crippen LogP contribution >= 0.6 is 0 Å². The lowest BCUT2D eigenvalue weighted by Gasteiger charge is -2.08. The third-order valence-corrected chi connectivity index (χ3v) is 3.14. The maximum absolute atomic E-state index is 9.11. The molecule has 7 heteroatoms. The molecule has 0 unspecified atom stereocenters. The normalized spacial score (nSPS) is 9.58. The summed E-state index contributed by atoms with van der Waals surface area (Å²) in [5.74, 6) is 0.767. The summed E-state index contributed by atoms with van der Waals surface area (Å²) in [6.45, 7) is 0. The Kier molecular flexibility index (Phi) is 4.27. The Labute approximate surface area is 138 Å². The van der Waals surface area contributed by atoms with E-state index in [-0.39, 0.29) is 0 Å². The van der Waals surface area contributed by atoms with Gasteiger partial charge in [-0.1, -0.05) is 12.1 Å². The number of nitrogens with zero attached hydrogens (tertiary/aromatic N) is 5. The van der Waals surface area contributed by atoms with Crippen LogP contribution in [-0.4, -0.2) is 15.2 Å². The Morgan fingerprint density at radius 1 is 0.875 bits per heavy atom. The molecule has 0 aliphatic rings. The SMILES string of the molecule is N#Cc1ccc(Nc2nncc(Nc3ccccc3C#N)n2)cc1. The molecular formula is C17H11N7. The lowest BCUT2D eigenvalue weighted by Crippen LogP contribution is -2.03. The van der Waals surface area contributed by atoms with E-state index >= 15 is 0 Å². The quantitative estimate of drug-likeness (QED) is 0.761. The molecule has 3 rings (SSSR count). The molecule has 0 bridgehead atoms. The largest absolute Gasteiger partial charge is 0.338 e.